The van der Waals surface area contributed by atoms with Crippen molar-refractivity contribution in [1.82, 2.24) is 4.98 Å². The molecule has 0 aliphatic heterocycles. The third kappa shape index (κ3) is 6.30. The molecule has 1 heterocycles. The van der Waals surface area contributed by atoms with Crippen molar-refractivity contribution in [2.75, 3.05) is 17.2 Å². The maximum Gasteiger partial charge on any atom is 0.255 e. The van der Waals surface area contributed by atoms with Crippen molar-refractivity contribution in [2.24, 2.45) is 0 Å². The van der Waals surface area contributed by atoms with Gasteiger partial charge in [-0.2, -0.15) is 0 Å². The summed E-state index contributed by atoms with van der Waals surface area (Å²) in [6.45, 7) is 2.53. The van der Waals surface area contributed by atoms with Crippen LogP contribution in [-0.4, -0.2) is 23.4 Å². The summed E-state index contributed by atoms with van der Waals surface area (Å²) in [7, 11) is 0. The summed E-state index contributed by atoms with van der Waals surface area (Å²) in [6.07, 6.45) is 0. The zero-order chi connectivity index (χ0) is 28.9. The topological polar surface area (TPSA) is 80.3 Å². The minimum Gasteiger partial charge on any atom is -0.494 e. The van der Waals surface area contributed by atoms with Crippen LogP contribution < -0.4 is 15.4 Å². The van der Waals surface area contributed by atoms with Gasteiger partial charge in [0.25, 0.3) is 5.91 Å². The Kier molecular flexibility index (Phi) is 8.16. The minimum absolute atomic E-state index is 0.163. The highest BCUT2D eigenvalue weighted by atomic mass is 32.2. The quantitative estimate of drug-likeness (QED) is 0.165. The predicted octanol–water partition coefficient (Wildman–Crippen LogP) is 8.57. The van der Waals surface area contributed by atoms with E-state index in [4.69, 9.17) is 4.74 Å². The SMILES string of the molecule is CCOc1ccc2nc(NC(=O)C(Sc3ccc(NC(=O)c4ccc5ccccc5c4)cc3)c3ccccc3)sc2c1. The summed E-state index contributed by atoms with van der Waals surface area (Å²) in [5.74, 6) is 0.442. The lowest BCUT2D eigenvalue weighted by Crippen LogP contribution is -2.18. The predicted molar refractivity (Wildman–Crippen MR) is 173 cm³/mol. The molecule has 8 heteroatoms. The summed E-state index contributed by atoms with van der Waals surface area (Å²) >= 11 is 2.86. The zero-order valence-corrected chi connectivity index (χ0v) is 24.4. The number of ether oxygens (including phenoxy) is 1. The third-order valence-electron chi connectivity index (χ3n) is 6.62. The Labute approximate surface area is 251 Å². The summed E-state index contributed by atoms with van der Waals surface area (Å²) in [5, 5.41) is 8.13. The number of thiazole rings is 1. The van der Waals surface area contributed by atoms with Gasteiger partial charge in [0.05, 0.1) is 16.8 Å². The van der Waals surface area contributed by atoms with Crippen LogP contribution in [0, 0.1) is 0 Å². The first kappa shape index (κ1) is 27.5. The average molecular weight is 590 g/mol. The van der Waals surface area contributed by atoms with Gasteiger partial charge in [-0.3, -0.25) is 9.59 Å². The molecule has 5 aromatic carbocycles. The number of carbonyl (C=O) groups is 2. The molecule has 2 N–H and O–H groups in total. The molecular weight excluding hydrogens is 563 g/mol. The molecule has 2 amide bonds. The number of carbonyl (C=O) groups excluding carboxylic acids is 2. The Morgan fingerprint density at radius 1 is 0.833 bits per heavy atom. The molecule has 6 aromatic rings. The number of nitrogens with one attached hydrogen (secondary N) is 2. The van der Waals surface area contributed by atoms with Crippen LogP contribution in [0.4, 0.5) is 10.8 Å². The van der Waals surface area contributed by atoms with Crippen LogP contribution in [0.5, 0.6) is 5.75 Å². The van der Waals surface area contributed by atoms with Gasteiger partial charge in [-0.15, -0.1) is 11.8 Å². The highest BCUT2D eigenvalue weighted by Crippen LogP contribution is 2.38. The van der Waals surface area contributed by atoms with Gasteiger partial charge in [0.2, 0.25) is 5.91 Å². The van der Waals surface area contributed by atoms with E-state index in [1.54, 1.807) is 0 Å². The molecule has 0 radical (unpaired) electrons. The standard InChI is InChI=1S/C34H27N3O3S2/c1-2-40-27-16-19-29-30(21-27)42-34(36-29)37-33(39)31(23-9-4-3-5-10-23)41-28-17-14-26(15-18-28)35-32(38)25-13-12-22-8-6-7-11-24(22)20-25/h3-21,31H,2H2,1H3,(H,35,38)(H,36,37,39). The number of aromatic nitrogens is 1. The molecule has 208 valence electrons. The van der Waals surface area contributed by atoms with Crippen molar-refractivity contribution in [3.05, 3.63) is 126 Å². The van der Waals surface area contributed by atoms with Gasteiger partial charge in [0.15, 0.2) is 5.13 Å². The Hall–Kier alpha value is -4.66. The normalized spacial score (nSPS) is 11.7. The van der Waals surface area contributed by atoms with Crippen molar-refractivity contribution in [2.45, 2.75) is 17.1 Å². The molecule has 42 heavy (non-hydrogen) atoms. The lowest BCUT2D eigenvalue weighted by atomic mass is 10.1. The van der Waals surface area contributed by atoms with Crippen LogP contribution in [0.2, 0.25) is 0 Å². The van der Waals surface area contributed by atoms with E-state index in [2.05, 4.69) is 15.6 Å². The summed E-state index contributed by atoms with van der Waals surface area (Å²) in [4.78, 5) is 32.0. The van der Waals surface area contributed by atoms with Crippen LogP contribution in [-0.2, 0) is 4.79 Å². The van der Waals surface area contributed by atoms with Crippen molar-refractivity contribution >= 4 is 66.7 Å². The Morgan fingerprint density at radius 2 is 1.60 bits per heavy atom. The van der Waals surface area contributed by atoms with Gasteiger partial charge < -0.3 is 15.4 Å². The maximum atomic E-state index is 13.6. The molecule has 0 aliphatic carbocycles. The van der Waals surface area contributed by atoms with E-state index in [1.165, 1.54) is 23.1 Å². The summed E-state index contributed by atoms with van der Waals surface area (Å²) in [6, 6.07) is 36.5. The number of hydrogen-bond acceptors (Lipinski definition) is 6. The number of benzene rings is 5. The summed E-state index contributed by atoms with van der Waals surface area (Å²) < 4.78 is 6.55. The fourth-order valence-electron chi connectivity index (χ4n) is 4.57. The van der Waals surface area contributed by atoms with Gasteiger partial charge >= 0.3 is 0 Å². The number of hydrogen-bond donors (Lipinski definition) is 2. The number of fused-ring (bicyclic) bond motifs is 2. The van der Waals surface area contributed by atoms with Crippen LogP contribution in [0.1, 0.15) is 28.1 Å². The lowest BCUT2D eigenvalue weighted by Gasteiger charge is -2.16. The van der Waals surface area contributed by atoms with Crippen molar-refractivity contribution in [3.63, 3.8) is 0 Å². The Bertz CT molecular complexity index is 1870. The smallest absolute Gasteiger partial charge is 0.255 e. The van der Waals surface area contributed by atoms with Gasteiger partial charge in [-0.1, -0.05) is 72.0 Å². The van der Waals surface area contributed by atoms with Gasteiger partial charge in [0, 0.05) is 16.1 Å². The molecule has 0 fully saturated rings. The Balaban J connectivity index is 1.17. The van der Waals surface area contributed by atoms with Crippen molar-refractivity contribution in [1.29, 1.82) is 0 Å². The molecule has 6 nitrogen and oxygen atoms in total. The average Bonchev–Trinajstić information content (AvgIpc) is 3.42. The van der Waals surface area contributed by atoms with E-state index in [1.807, 2.05) is 122 Å². The maximum absolute atomic E-state index is 13.6. The van der Waals surface area contributed by atoms with Gasteiger partial charge in [-0.25, -0.2) is 4.98 Å². The van der Waals surface area contributed by atoms with E-state index in [9.17, 15) is 9.59 Å². The highest BCUT2D eigenvalue weighted by Gasteiger charge is 2.23. The second kappa shape index (κ2) is 12.5. The second-order valence-corrected chi connectivity index (χ2v) is 11.7. The number of anilines is 2. The number of amides is 2. The Morgan fingerprint density at radius 3 is 2.38 bits per heavy atom. The fraction of sp³-hybridized carbons (Fsp3) is 0.0882. The first-order valence-electron chi connectivity index (χ1n) is 13.5. The van der Waals surface area contributed by atoms with Crippen molar-refractivity contribution in [3.8, 4) is 5.75 Å². The first-order chi connectivity index (χ1) is 20.6. The van der Waals surface area contributed by atoms with E-state index in [0.29, 0.717) is 23.0 Å². The molecule has 0 saturated carbocycles. The van der Waals surface area contributed by atoms with E-state index >= 15 is 0 Å². The van der Waals surface area contributed by atoms with E-state index < -0.39 is 5.25 Å². The lowest BCUT2D eigenvalue weighted by molar-refractivity contribution is -0.115. The van der Waals surface area contributed by atoms with Gasteiger partial charge in [0.1, 0.15) is 11.0 Å². The highest BCUT2D eigenvalue weighted by molar-refractivity contribution is 8.00. The number of rotatable bonds is 9. The largest absolute Gasteiger partial charge is 0.494 e. The van der Waals surface area contributed by atoms with Gasteiger partial charge in [-0.05, 0) is 77.9 Å². The van der Waals surface area contributed by atoms with E-state index in [-0.39, 0.29) is 11.8 Å². The molecular formula is C34H27N3O3S2. The first-order valence-corrected chi connectivity index (χ1v) is 15.2. The molecule has 0 bridgehead atoms. The monoisotopic (exact) mass is 589 g/mol. The third-order valence-corrected chi connectivity index (χ3v) is 8.82. The molecule has 0 aliphatic rings. The molecule has 1 atom stereocenters. The van der Waals surface area contributed by atoms with Crippen LogP contribution >= 0.6 is 23.1 Å². The molecule has 6 rings (SSSR count). The fourth-order valence-corrected chi connectivity index (χ4v) is 6.50. The zero-order valence-electron chi connectivity index (χ0n) is 22.7. The van der Waals surface area contributed by atoms with E-state index in [0.717, 1.165) is 37.2 Å². The van der Waals surface area contributed by atoms with Crippen LogP contribution in [0.25, 0.3) is 21.0 Å². The molecule has 0 saturated heterocycles. The minimum atomic E-state index is -0.504. The molecule has 1 aromatic heterocycles. The van der Waals surface area contributed by atoms with Crippen LogP contribution in [0.3, 0.4) is 0 Å². The van der Waals surface area contributed by atoms with Crippen molar-refractivity contribution < 1.29 is 14.3 Å². The number of thioether (sulfide) groups is 1. The molecule has 0 spiro atoms. The molecule has 1 unspecified atom stereocenters. The van der Waals surface area contributed by atoms with Crippen LogP contribution in [0.15, 0.2) is 120 Å². The summed E-state index contributed by atoms with van der Waals surface area (Å²) in [5.41, 5.74) is 2.97. The second-order valence-electron chi connectivity index (χ2n) is 9.52. The number of nitrogens with zero attached hydrogens (tertiary/aromatic N) is 1.